The third kappa shape index (κ3) is 9.55. The van der Waals surface area contributed by atoms with Gasteiger partial charge in [-0.3, -0.25) is 4.99 Å². The van der Waals surface area contributed by atoms with Gasteiger partial charge in [0.25, 0.3) is 0 Å². The molecule has 0 bridgehead atoms. The topological polar surface area (TPSA) is 89.4 Å². The van der Waals surface area contributed by atoms with Crippen molar-refractivity contribution in [3.63, 3.8) is 0 Å². The first-order valence-electron chi connectivity index (χ1n) is 11.7. The molecule has 0 saturated carbocycles. The van der Waals surface area contributed by atoms with Crippen LogP contribution < -0.4 is 5.84 Å². The number of terminal acetylenes is 1. The van der Waals surface area contributed by atoms with Crippen LogP contribution >= 0.6 is 0 Å². The number of nitrogens with zero attached hydrogens (tertiary/aromatic N) is 3. The standard InChI is InChI=1S/C25H25N3O2.C3H7N.C2H6/c1-6-17(3)23-15-19(24(28-26)16-27-20-11-9-8-10-12-20)13-14-22(23)18(4)21(7-2)25(29)30-5;1-3-4-2;1-2/h2,6,8-16H,26H2,1,3-5H3;3H,1-2H3;1-2H3/b17-6-,21-18+,27-16?,28-24+;;. The van der Waals surface area contributed by atoms with Crippen molar-refractivity contribution in [1.82, 2.24) is 0 Å². The van der Waals surface area contributed by atoms with Gasteiger partial charge in [-0.05, 0) is 74.4 Å². The van der Waals surface area contributed by atoms with Crippen LogP contribution in [-0.4, -0.2) is 38.3 Å². The van der Waals surface area contributed by atoms with E-state index in [1.807, 2.05) is 96.1 Å². The number of rotatable bonds is 6. The highest BCUT2D eigenvalue weighted by Crippen LogP contribution is 2.29. The molecule has 2 rings (SSSR count). The molecule has 190 valence electrons. The number of ether oxygens (including phenoxy) is 1. The molecule has 0 aromatic heterocycles. The highest BCUT2D eigenvalue weighted by Gasteiger charge is 2.16. The quantitative estimate of drug-likeness (QED) is 0.126. The fraction of sp³-hybridized carbons (Fsp3) is 0.267. The Balaban J connectivity index is 0.00000185. The Morgan fingerprint density at radius 3 is 2.14 bits per heavy atom. The van der Waals surface area contributed by atoms with Crippen LogP contribution in [0.4, 0.5) is 5.69 Å². The zero-order chi connectivity index (χ0) is 27.5. The second-order valence-corrected chi connectivity index (χ2v) is 6.99. The van der Waals surface area contributed by atoms with Crippen LogP contribution in [0.2, 0.25) is 0 Å². The summed E-state index contributed by atoms with van der Waals surface area (Å²) >= 11 is 0. The van der Waals surface area contributed by atoms with E-state index >= 15 is 0 Å². The molecule has 6 nitrogen and oxygen atoms in total. The zero-order valence-corrected chi connectivity index (χ0v) is 22.7. The number of hydrogen-bond donors (Lipinski definition) is 1. The molecule has 0 atom stereocenters. The molecule has 0 aliphatic carbocycles. The molecule has 6 heteroatoms. The molecule has 2 aromatic carbocycles. The van der Waals surface area contributed by atoms with Crippen molar-refractivity contribution in [1.29, 1.82) is 0 Å². The van der Waals surface area contributed by atoms with E-state index in [0.29, 0.717) is 11.3 Å². The van der Waals surface area contributed by atoms with E-state index in [-0.39, 0.29) is 5.57 Å². The fourth-order valence-corrected chi connectivity index (χ4v) is 2.90. The van der Waals surface area contributed by atoms with Gasteiger partial charge in [-0.2, -0.15) is 5.10 Å². The van der Waals surface area contributed by atoms with Crippen LogP contribution in [0.3, 0.4) is 0 Å². The van der Waals surface area contributed by atoms with Crippen LogP contribution in [0.25, 0.3) is 11.1 Å². The van der Waals surface area contributed by atoms with Gasteiger partial charge in [-0.25, -0.2) is 4.79 Å². The molecule has 0 aliphatic rings. The van der Waals surface area contributed by atoms with Crippen molar-refractivity contribution in [2.24, 2.45) is 20.9 Å². The van der Waals surface area contributed by atoms with Gasteiger partial charge in [0.05, 0.1) is 19.0 Å². The lowest BCUT2D eigenvalue weighted by molar-refractivity contribution is -0.135. The number of para-hydroxylation sites is 1. The summed E-state index contributed by atoms with van der Waals surface area (Å²) in [5.41, 5.74) is 5.75. The smallest absolute Gasteiger partial charge is 0.346 e. The summed E-state index contributed by atoms with van der Waals surface area (Å²) in [5.74, 6) is 7.54. The summed E-state index contributed by atoms with van der Waals surface area (Å²) in [7, 11) is 3.06. The Kier molecular flexibility index (Phi) is 16.0. The average molecular weight is 487 g/mol. The molecule has 0 amide bonds. The van der Waals surface area contributed by atoms with Gasteiger partial charge < -0.3 is 15.6 Å². The maximum absolute atomic E-state index is 12.1. The van der Waals surface area contributed by atoms with Gasteiger partial charge >= 0.3 is 5.97 Å². The van der Waals surface area contributed by atoms with Crippen LogP contribution in [0, 0.1) is 12.3 Å². The number of hydrazone groups is 1. The first kappa shape index (κ1) is 31.8. The Morgan fingerprint density at radius 2 is 1.67 bits per heavy atom. The minimum absolute atomic E-state index is 0.189. The molecular weight excluding hydrogens is 448 g/mol. The van der Waals surface area contributed by atoms with Crippen LogP contribution in [0.15, 0.2) is 75.3 Å². The second-order valence-electron chi connectivity index (χ2n) is 6.99. The van der Waals surface area contributed by atoms with E-state index in [2.05, 4.69) is 21.0 Å². The van der Waals surface area contributed by atoms with E-state index in [1.165, 1.54) is 7.11 Å². The van der Waals surface area contributed by atoms with E-state index in [9.17, 15) is 4.79 Å². The number of allylic oxidation sites excluding steroid dienone is 3. The molecule has 2 aromatic rings. The lowest BCUT2D eigenvalue weighted by Gasteiger charge is -2.14. The van der Waals surface area contributed by atoms with Crippen LogP contribution in [0.1, 0.15) is 58.2 Å². The zero-order valence-electron chi connectivity index (χ0n) is 22.7. The number of methoxy groups -OCH3 is 1. The van der Waals surface area contributed by atoms with Crippen molar-refractivity contribution in [3.8, 4) is 12.3 Å². The van der Waals surface area contributed by atoms with Crippen molar-refractivity contribution in [3.05, 3.63) is 76.9 Å². The number of aliphatic imine (C=N–C) groups is 2. The second kappa shape index (κ2) is 18.1. The molecule has 0 heterocycles. The SMILES string of the molecule is C#C/C(C(=O)OC)=C(/C)c1ccc(/C(C=Nc2ccccc2)=N/N)cc1/C(C)=C\C.CC.CC=NC. The predicted octanol–water partition coefficient (Wildman–Crippen LogP) is 6.49. The van der Waals surface area contributed by atoms with Gasteiger partial charge in [0.1, 0.15) is 11.3 Å². The van der Waals surface area contributed by atoms with Gasteiger partial charge in [0.2, 0.25) is 0 Å². The Bertz CT molecular complexity index is 1160. The first-order chi connectivity index (χ1) is 17.4. The molecule has 0 radical (unpaired) electrons. The normalized spacial score (nSPS) is 12.1. The molecule has 0 saturated heterocycles. The minimum atomic E-state index is -0.539. The summed E-state index contributed by atoms with van der Waals surface area (Å²) in [6.07, 6.45) is 10.9. The molecule has 0 spiro atoms. The summed E-state index contributed by atoms with van der Waals surface area (Å²) in [4.78, 5) is 20.1. The van der Waals surface area contributed by atoms with E-state index in [1.54, 1.807) is 19.5 Å². The Labute approximate surface area is 216 Å². The molecule has 36 heavy (non-hydrogen) atoms. The minimum Gasteiger partial charge on any atom is -0.465 e. The highest BCUT2D eigenvalue weighted by atomic mass is 16.5. The van der Waals surface area contributed by atoms with Crippen molar-refractivity contribution in [2.45, 2.75) is 41.5 Å². The summed E-state index contributed by atoms with van der Waals surface area (Å²) in [6.45, 7) is 11.6. The summed E-state index contributed by atoms with van der Waals surface area (Å²) < 4.78 is 4.82. The highest BCUT2D eigenvalue weighted by molar-refractivity contribution is 6.38. The fourth-order valence-electron chi connectivity index (χ4n) is 2.90. The molecule has 0 unspecified atom stereocenters. The Morgan fingerprint density at radius 1 is 1.06 bits per heavy atom. The first-order valence-corrected chi connectivity index (χ1v) is 11.7. The molecule has 0 fully saturated rings. The lowest BCUT2D eigenvalue weighted by Crippen LogP contribution is -2.09. The van der Waals surface area contributed by atoms with Gasteiger partial charge in [-0.1, -0.05) is 56.2 Å². The third-order valence-corrected chi connectivity index (χ3v) is 4.98. The molecular formula is C30H38N4O2. The van der Waals surface area contributed by atoms with Crippen LogP contribution in [-0.2, 0) is 9.53 Å². The van der Waals surface area contributed by atoms with Crippen LogP contribution in [0.5, 0.6) is 0 Å². The van der Waals surface area contributed by atoms with Crippen molar-refractivity contribution < 1.29 is 9.53 Å². The third-order valence-electron chi connectivity index (χ3n) is 4.98. The number of nitrogens with two attached hydrogens (primary N) is 1. The van der Waals surface area contributed by atoms with E-state index in [0.717, 1.165) is 28.0 Å². The maximum atomic E-state index is 12.1. The largest absolute Gasteiger partial charge is 0.465 e. The number of carbonyl (C=O) groups excluding carboxylic acids is 1. The van der Waals surface area contributed by atoms with Crippen molar-refractivity contribution >= 4 is 40.9 Å². The molecule has 2 N–H and O–H groups in total. The Hall–Kier alpha value is -4.24. The summed E-state index contributed by atoms with van der Waals surface area (Å²) in [6, 6.07) is 15.3. The predicted molar refractivity (Wildman–Crippen MR) is 156 cm³/mol. The number of carbonyl (C=O) groups is 1. The van der Waals surface area contributed by atoms with Gasteiger partial charge in [-0.15, -0.1) is 6.42 Å². The van der Waals surface area contributed by atoms with Gasteiger partial charge in [0.15, 0.2) is 0 Å². The average Bonchev–Trinajstić information content (AvgIpc) is 2.94. The van der Waals surface area contributed by atoms with E-state index < -0.39 is 5.97 Å². The monoisotopic (exact) mass is 486 g/mol. The lowest BCUT2D eigenvalue weighted by atomic mass is 9.90. The maximum Gasteiger partial charge on any atom is 0.346 e. The number of benzene rings is 2. The number of hydrogen-bond acceptors (Lipinski definition) is 6. The summed E-state index contributed by atoms with van der Waals surface area (Å²) in [5, 5.41) is 3.90. The molecule has 0 aliphatic heterocycles. The van der Waals surface area contributed by atoms with Gasteiger partial charge in [0, 0.05) is 12.6 Å². The van der Waals surface area contributed by atoms with E-state index in [4.69, 9.17) is 17.0 Å². The number of esters is 1. The van der Waals surface area contributed by atoms with Crippen molar-refractivity contribution in [2.75, 3.05) is 14.2 Å².